The van der Waals surface area contributed by atoms with Gasteiger partial charge in [0.2, 0.25) is 5.91 Å². The molecule has 0 saturated heterocycles. The van der Waals surface area contributed by atoms with Gasteiger partial charge >= 0.3 is 7.82 Å². The molecule has 0 heterocycles. The zero-order chi connectivity index (χ0) is 35.6. The molecule has 9 nitrogen and oxygen atoms in total. The zero-order valence-electron chi connectivity index (χ0n) is 31.1. The van der Waals surface area contributed by atoms with Crippen LogP contribution in [-0.4, -0.2) is 59.0 Å². The SMILES string of the molecule is CCCCCCCCC/C=C/[C@@H](O)[C@H](COP(=O)(O)OCCN)NC(=O)C(O)CCCCCCCCCCCCCCCCCCCC. The lowest BCUT2D eigenvalue weighted by atomic mass is 10.0. The van der Waals surface area contributed by atoms with E-state index in [4.69, 9.17) is 14.8 Å². The molecule has 0 radical (unpaired) electrons. The van der Waals surface area contributed by atoms with Crippen molar-refractivity contribution in [3.63, 3.8) is 0 Å². The first-order valence-corrected chi connectivity index (χ1v) is 21.4. The summed E-state index contributed by atoms with van der Waals surface area (Å²) < 4.78 is 21.9. The molecule has 4 atom stereocenters. The van der Waals surface area contributed by atoms with E-state index in [2.05, 4.69) is 19.2 Å². The molecule has 0 aliphatic carbocycles. The van der Waals surface area contributed by atoms with Gasteiger partial charge in [-0.1, -0.05) is 180 Å². The van der Waals surface area contributed by atoms with E-state index < -0.39 is 38.6 Å². The van der Waals surface area contributed by atoms with Crippen LogP contribution in [0.1, 0.15) is 187 Å². The lowest BCUT2D eigenvalue weighted by Gasteiger charge is -2.24. The van der Waals surface area contributed by atoms with Gasteiger partial charge in [0.15, 0.2) is 0 Å². The number of allylic oxidation sites excluding steroid dienone is 1. The molecule has 0 aromatic heterocycles. The normalized spacial score (nSPS) is 15.0. The minimum atomic E-state index is -4.40. The molecular weight excluding hydrogens is 627 g/mol. The number of amides is 1. The molecule has 0 fully saturated rings. The van der Waals surface area contributed by atoms with Gasteiger partial charge in [0.1, 0.15) is 6.10 Å². The predicted molar refractivity (Wildman–Crippen MR) is 200 cm³/mol. The van der Waals surface area contributed by atoms with Gasteiger partial charge < -0.3 is 26.2 Å². The van der Waals surface area contributed by atoms with E-state index in [1.165, 1.54) is 128 Å². The molecular formula is C38H77N2O7P. The number of unbranched alkanes of at least 4 members (excludes halogenated alkanes) is 24. The summed E-state index contributed by atoms with van der Waals surface area (Å²) in [6.07, 6.45) is 33.4. The standard InChI is InChI=1S/C38H77N2O7P/c1-3-5-7-9-11-13-14-15-16-17-18-19-20-21-23-25-27-29-31-37(42)38(43)40-35(34-47-48(44,45)46-33-32-39)36(41)30-28-26-24-22-12-10-8-6-4-2/h28,30,35-37,41-42H,3-27,29,31-34,39H2,1-2H3,(H,40,43)(H,44,45)/b30-28+/t35-,36+,37?/m0/s1. The summed E-state index contributed by atoms with van der Waals surface area (Å²) in [5.41, 5.74) is 5.34. The van der Waals surface area contributed by atoms with Crippen LogP contribution in [0.15, 0.2) is 12.2 Å². The van der Waals surface area contributed by atoms with Gasteiger partial charge in [0.25, 0.3) is 0 Å². The second-order valence-electron chi connectivity index (χ2n) is 13.6. The highest BCUT2D eigenvalue weighted by Crippen LogP contribution is 2.43. The fourth-order valence-electron chi connectivity index (χ4n) is 5.84. The topological polar surface area (TPSA) is 151 Å². The fourth-order valence-corrected chi connectivity index (χ4v) is 6.60. The molecule has 0 aromatic rings. The van der Waals surface area contributed by atoms with Crippen molar-refractivity contribution in [3.8, 4) is 0 Å². The molecule has 10 heteroatoms. The Kier molecular flexibility index (Phi) is 34.1. The molecule has 0 saturated carbocycles. The Morgan fingerprint density at radius 3 is 1.54 bits per heavy atom. The van der Waals surface area contributed by atoms with Crippen molar-refractivity contribution >= 4 is 13.7 Å². The van der Waals surface area contributed by atoms with Crippen LogP contribution < -0.4 is 11.1 Å². The van der Waals surface area contributed by atoms with Gasteiger partial charge in [0, 0.05) is 6.54 Å². The van der Waals surface area contributed by atoms with Crippen LogP contribution in [0.25, 0.3) is 0 Å². The van der Waals surface area contributed by atoms with Crippen molar-refractivity contribution in [1.29, 1.82) is 0 Å². The average molecular weight is 705 g/mol. The van der Waals surface area contributed by atoms with Crippen molar-refractivity contribution < 1.29 is 33.5 Å². The van der Waals surface area contributed by atoms with E-state index in [-0.39, 0.29) is 13.2 Å². The molecule has 286 valence electrons. The number of hydrogen-bond donors (Lipinski definition) is 5. The number of aliphatic hydroxyl groups is 2. The fraction of sp³-hybridized carbons (Fsp3) is 0.921. The number of phosphoric acid groups is 1. The first-order valence-electron chi connectivity index (χ1n) is 19.9. The highest BCUT2D eigenvalue weighted by atomic mass is 31.2. The maximum atomic E-state index is 12.8. The molecule has 6 N–H and O–H groups in total. The second-order valence-corrected chi connectivity index (χ2v) is 15.1. The van der Waals surface area contributed by atoms with E-state index in [9.17, 15) is 24.5 Å². The third-order valence-corrected chi connectivity index (χ3v) is 9.96. The van der Waals surface area contributed by atoms with Gasteiger partial charge in [-0.2, -0.15) is 0 Å². The van der Waals surface area contributed by atoms with E-state index in [0.29, 0.717) is 6.42 Å². The summed E-state index contributed by atoms with van der Waals surface area (Å²) in [5, 5.41) is 23.8. The Morgan fingerprint density at radius 1 is 0.688 bits per heavy atom. The first kappa shape index (κ1) is 47.2. The number of phosphoric ester groups is 1. The molecule has 1 amide bonds. The zero-order valence-corrected chi connectivity index (χ0v) is 32.0. The third kappa shape index (κ3) is 31.2. The largest absolute Gasteiger partial charge is 0.472 e. The summed E-state index contributed by atoms with van der Waals surface area (Å²) >= 11 is 0. The van der Waals surface area contributed by atoms with Crippen LogP contribution in [0.5, 0.6) is 0 Å². The van der Waals surface area contributed by atoms with Crippen LogP contribution in [-0.2, 0) is 18.4 Å². The maximum Gasteiger partial charge on any atom is 0.472 e. The van der Waals surface area contributed by atoms with Crippen molar-refractivity contribution in [1.82, 2.24) is 5.32 Å². The Morgan fingerprint density at radius 2 is 1.10 bits per heavy atom. The number of carbonyl (C=O) groups is 1. The molecule has 0 aliphatic heterocycles. The Bertz CT molecular complexity index is 786. The van der Waals surface area contributed by atoms with E-state index >= 15 is 0 Å². The number of rotatable bonds is 37. The van der Waals surface area contributed by atoms with Crippen LogP contribution in [0.2, 0.25) is 0 Å². The highest BCUT2D eigenvalue weighted by Gasteiger charge is 2.28. The van der Waals surface area contributed by atoms with Crippen molar-refractivity contribution in [2.24, 2.45) is 5.73 Å². The quantitative estimate of drug-likeness (QED) is 0.0244. The molecule has 0 rings (SSSR count). The summed E-state index contributed by atoms with van der Waals surface area (Å²) in [4.78, 5) is 22.6. The monoisotopic (exact) mass is 705 g/mol. The smallest absolute Gasteiger partial charge is 0.387 e. The van der Waals surface area contributed by atoms with Gasteiger partial charge in [0.05, 0.1) is 25.4 Å². The third-order valence-electron chi connectivity index (χ3n) is 8.97. The van der Waals surface area contributed by atoms with Gasteiger partial charge in [-0.05, 0) is 19.3 Å². The van der Waals surface area contributed by atoms with Gasteiger partial charge in [-0.25, -0.2) is 4.57 Å². The molecule has 0 aromatic carbocycles. The lowest BCUT2D eigenvalue weighted by molar-refractivity contribution is -0.131. The number of nitrogens with one attached hydrogen (secondary N) is 1. The second kappa shape index (κ2) is 34.6. The van der Waals surface area contributed by atoms with Gasteiger partial charge in [-0.15, -0.1) is 0 Å². The Balaban J connectivity index is 4.26. The summed E-state index contributed by atoms with van der Waals surface area (Å²) in [5.74, 6) is -0.634. The molecule has 48 heavy (non-hydrogen) atoms. The van der Waals surface area contributed by atoms with Crippen LogP contribution in [0.4, 0.5) is 0 Å². The Labute approximate surface area is 295 Å². The summed E-state index contributed by atoms with van der Waals surface area (Å²) in [7, 11) is -4.40. The number of hydrogen-bond acceptors (Lipinski definition) is 7. The number of aliphatic hydroxyl groups excluding tert-OH is 2. The van der Waals surface area contributed by atoms with E-state index in [0.717, 1.165) is 38.5 Å². The minimum absolute atomic E-state index is 0.0453. The molecule has 0 bridgehead atoms. The number of nitrogens with two attached hydrogens (primary N) is 1. The van der Waals surface area contributed by atoms with Gasteiger partial charge in [-0.3, -0.25) is 13.8 Å². The maximum absolute atomic E-state index is 12.8. The highest BCUT2D eigenvalue weighted by molar-refractivity contribution is 7.47. The van der Waals surface area contributed by atoms with Crippen molar-refractivity contribution in [2.75, 3.05) is 19.8 Å². The minimum Gasteiger partial charge on any atom is -0.387 e. The van der Waals surface area contributed by atoms with Crippen molar-refractivity contribution in [2.45, 2.75) is 205 Å². The summed E-state index contributed by atoms with van der Waals surface area (Å²) in [6.45, 7) is 3.89. The molecule has 2 unspecified atom stereocenters. The molecule has 0 aliphatic rings. The average Bonchev–Trinajstić information content (AvgIpc) is 3.07. The first-order chi connectivity index (χ1) is 23.3. The van der Waals surface area contributed by atoms with E-state index in [1.807, 2.05) is 6.08 Å². The predicted octanol–water partition coefficient (Wildman–Crippen LogP) is 9.41. The van der Waals surface area contributed by atoms with E-state index in [1.54, 1.807) is 6.08 Å². The van der Waals surface area contributed by atoms with Crippen LogP contribution >= 0.6 is 7.82 Å². The summed E-state index contributed by atoms with van der Waals surface area (Å²) in [6, 6.07) is -1.03. The van der Waals surface area contributed by atoms with Crippen LogP contribution in [0.3, 0.4) is 0 Å². The van der Waals surface area contributed by atoms with Crippen LogP contribution in [0, 0.1) is 0 Å². The molecule has 0 spiro atoms. The number of carbonyl (C=O) groups excluding carboxylic acids is 1. The van der Waals surface area contributed by atoms with Crippen molar-refractivity contribution in [3.05, 3.63) is 12.2 Å². The Hall–Kier alpha value is -0.800. The lowest BCUT2D eigenvalue weighted by Crippen LogP contribution is -2.49.